The Balaban J connectivity index is 1.84. The normalized spacial score (nSPS) is 19.0. The summed E-state index contributed by atoms with van der Waals surface area (Å²) >= 11 is 0. The van der Waals surface area contributed by atoms with Gasteiger partial charge in [-0.1, -0.05) is 19.8 Å². The van der Waals surface area contributed by atoms with Gasteiger partial charge in [0.1, 0.15) is 34.6 Å². The molecular formula is C24H21F9O2. The molecular weight excluding hydrogens is 491 g/mol. The van der Waals surface area contributed by atoms with Crippen LogP contribution in [0, 0.1) is 29.2 Å². The Bertz CT molecular complexity index is 1040. The van der Waals surface area contributed by atoms with Gasteiger partial charge in [-0.3, -0.25) is 4.79 Å². The molecule has 0 heterocycles. The summed E-state index contributed by atoms with van der Waals surface area (Å²) in [5, 5.41) is 0. The highest BCUT2D eigenvalue weighted by Crippen LogP contribution is 2.41. The Morgan fingerprint density at radius 3 is 1.83 bits per heavy atom. The van der Waals surface area contributed by atoms with Crippen LogP contribution in [0.15, 0.2) is 24.3 Å². The van der Waals surface area contributed by atoms with Gasteiger partial charge in [0.25, 0.3) is 5.78 Å². The zero-order chi connectivity index (χ0) is 26.1. The van der Waals surface area contributed by atoms with Gasteiger partial charge in [0.05, 0.1) is 5.56 Å². The molecule has 1 saturated carbocycles. The zero-order valence-corrected chi connectivity index (χ0v) is 18.4. The Morgan fingerprint density at radius 1 is 0.857 bits per heavy atom. The predicted octanol–water partition coefficient (Wildman–Crippen LogP) is 8.19. The van der Waals surface area contributed by atoms with Crippen molar-refractivity contribution in [3.05, 3.63) is 64.2 Å². The maximum Gasteiger partial charge on any atom is 0.455 e. The topological polar surface area (TPSA) is 26.3 Å². The van der Waals surface area contributed by atoms with Gasteiger partial charge in [0.2, 0.25) is 0 Å². The van der Waals surface area contributed by atoms with E-state index in [1.165, 1.54) is 0 Å². The smallest absolute Gasteiger partial charge is 0.429 e. The molecule has 0 atom stereocenters. The molecule has 1 aliphatic rings. The van der Waals surface area contributed by atoms with E-state index in [-0.39, 0.29) is 23.6 Å². The molecule has 2 aromatic rings. The molecule has 0 N–H and O–H groups in total. The minimum Gasteiger partial charge on any atom is -0.429 e. The molecule has 35 heavy (non-hydrogen) atoms. The fourth-order valence-corrected chi connectivity index (χ4v) is 4.47. The Labute approximate surface area is 195 Å². The third-order valence-electron chi connectivity index (χ3n) is 6.12. The lowest BCUT2D eigenvalue weighted by molar-refractivity contribution is -0.189. The molecule has 1 fully saturated rings. The number of alkyl halides is 5. The first-order valence-electron chi connectivity index (χ1n) is 10.9. The van der Waals surface area contributed by atoms with Crippen LogP contribution in [0.25, 0.3) is 0 Å². The van der Waals surface area contributed by atoms with E-state index in [1.807, 2.05) is 0 Å². The number of hydrogen-bond acceptors (Lipinski definition) is 2. The minimum atomic E-state index is -5.63. The predicted molar refractivity (Wildman–Crippen MR) is 107 cm³/mol. The highest BCUT2D eigenvalue weighted by molar-refractivity contribution is 6.00. The van der Waals surface area contributed by atoms with E-state index in [9.17, 15) is 44.3 Å². The van der Waals surface area contributed by atoms with Gasteiger partial charge >= 0.3 is 12.3 Å². The molecule has 0 amide bonds. The Morgan fingerprint density at radius 2 is 1.37 bits per heavy atom. The van der Waals surface area contributed by atoms with Crippen LogP contribution in [0.1, 0.15) is 72.9 Å². The van der Waals surface area contributed by atoms with Gasteiger partial charge in [-0.05, 0) is 55.2 Å². The van der Waals surface area contributed by atoms with Crippen LogP contribution < -0.4 is 4.74 Å². The summed E-state index contributed by atoms with van der Waals surface area (Å²) < 4.78 is 128. The fraction of sp³-hybridized carbons (Fsp3) is 0.458. The van der Waals surface area contributed by atoms with Gasteiger partial charge < -0.3 is 4.74 Å². The maximum atomic E-state index is 14.6. The zero-order valence-electron chi connectivity index (χ0n) is 18.4. The lowest BCUT2D eigenvalue weighted by Gasteiger charge is -2.29. The number of halogens is 9. The van der Waals surface area contributed by atoms with Crippen molar-refractivity contribution in [3.63, 3.8) is 0 Å². The Kier molecular flexibility index (Phi) is 7.76. The van der Waals surface area contributed by atoms with Gasteiger partial charge in [-0.2, -0.15) is 22.0 Å². The average molecular weight is 512 g/mol. The summed E-state index contributed by atoms with van der Waals surface area (Å²) in [6.07, 6.45) is -5.41. The molecule has 0 bridgehead atoms. The van der Waals surface area contributed by atoms with Crippen molar-refractivity contribution in [2.24, 2.45) is 5.92 Å². The van der Waals surface area contributed by atoms with Crippen LogP contribution in [0.2, 0.25) is 0 Å². The van der Waals surface area contributed by atoms with E-state index < -0.39 is 58.2 Å². The van der Waals surface area contributed by atoms with Gasteiger partial charge in [0, 0.05) is 12.1 Å². The second-order valence-electron chi connectivity index (χ2n) is 8.57. The number of benzene rings is 2. The SMILES string of the molecule is CCCC1CCC(c2cc(F)c(C(F)(F)Oc3cc(F)c(C(=O)C(F)(F)F)c(F)c3)c(F)c2)CC1. The largest absolute Gasteiger partial charge is 0.455 e. The van der Waals surface area contributed by atoms with Crippen LogP contribution in [0.5, 0.6) is 5.75 Å². The number of carbonyl (C=O) groups is 1. The highest BCUT2D eigenvalue weighted by Gasteiger charge is 2.44. The van der Waals surface area contributed by atoms with Crippen molar-refractivity contribution >= 4 is 5.78 Å². The van der Waals surface area contributed by atoms with Crippen LogP contribution in [-0.4, -0.2) is 12.0 Å². The average Bonchev–Trinajstić information content (AvgIpc) is 2.72. The molecule has 2 nitrogen and oxygen atoms in total. The van der Waals surface area contributed by atoms with Crippen molar-refractivity contribution < 1.29 is 49.0 Å². The molecule has 3 rings (SSSR count). The van der Waals surface area contributed by atoms with Crippen molar-refractivity contribution in [2.75, 3.05) is 0 Å². The van der Waals surface area contributed by atoms with Gasteiger partial charge in [-0.15, -0.1) is 0 Å². The molecule has 0 saturated heterocycles. The summed E-state index contributed by atoms with van der Waals surface area (Å²) in [6.45, 7) is 2.05. The first kappa shape index (κ1) is 26.9. The highest BCUT2D eigenvalue weighted by atomic mass is 19.4. The summed E-state index contributed by atoms with van der Waals surface area (Å²) in [4.78, 5) is 11.1. The lowest BCUT2D eigenvalue weighted by Crippen LogP contribution is -2.27. The standard InChI is InChI=1S/C24H21F9O2/c1-2-3-12-4-6-13(7-5-12)14-8-18(27)21(19(28)9-14)24(32,33)35-15-10-16(25)20(17(26)11-15)22(34)23(29,30)31/h8-13H,2-7H2,1H3. The number of carbonyl (C=O) groups excluding carboxylic acids is 1. The fourth-order valence-electron chi connectivity index (χ4n) is 4.47. The minimum absolute atomic E-state index is 0.102. The molecule has 0 aromatic heterocycles. The van der Waals surface area contributed by atoms with E-state index in [0.29, 0.717) is 18.8 Å². The van der Waals surface area contributed by atoms with E-state index in [0.717, 1.165) is 37.8 Å². The molecule has 0 aliphatic heterocycles. The first-order chi connectivity index (χ1) is 16.2. The van der Waals surface area contributed by atoms with Crippen molar-refractivity contribution in [2.45, 2.75) is 63.7 Å². The Hall–Kier alpha value is -2.72. The van der Waals surface area contributed by atoms with Crippen LogP contribution in [-0.2, 0) is 6.11 Å². The van der Waals surface area contributed by atoms with Crippen LogP contribution >= 0.6 is 0 Å². The van der Waals surface area contributed by atoms with Crippen molar-refractivity contribution in [1.82, 2.24) is 0 Å². The second kappa shape index (κ2) is 10.1. The maximum absolute atomic E-state index is 14.6. The first-order valence-corrected chi connectivity index (χ1v) is 10.9. The quantitative estimate of drug-likeness (QED) is 0.276. The van der Waals surface area contributed by atoms with Gasteiger partial charge in [-0.25, -0.2) is 17.6 Å². The summed E-state index contributed by atoms with van der Waals surface area (Å²) in [5.74, 6) is -11.5. The van der Waals surface area contributed by atoms with E-state index in [1.54, 1.807) is 0 Å². The molecule has 192 valence electrons. The summed E-state index contributed by atoms with van der Waals surface area (Å²) in [7, 11) is 0. The number of Topliss-reactive ketones (excluding diaryl/α,β-unsaturated/α-hetero) is 1. The summed E-state index contributed by atoms with van der Waals surface area (Å²) in [6, 6.07) is 1.31. The lowest BCUT2D eigenvalue weighted by atomic mass is 9.77. The van der Waals surface area contributed by atoms with E-state index in [2.05, 4.69) is 11.7 Å². The molecule has 11 heteroatoms. The third-order valence-corrected chi connectivity index (χ3v) is 6.12. The van der Waals surface area contributed by atoms with E-state index in [4.69, 9.17) is 0 Å². The van der Waals surface area contributed by atoms with Crippen molar-refractivity contribution in [3.8, 4) is 5.75 Å². The number of ether oxygens (including phenoxy) is 1. The van der Waals surface area contributed by atoms with Crippen LogP contribution in [0.3, 0.4) is 0 Å². The molecule has 0 spiro atoms. The van der Waals surface area contributed by atoms with Crippen LogP contribution in [0.4, 0.5) is 39.5 Å². The number of ketones is 1. The van der Waals surface area contributed by atoms with Crippen molar-refractivity contribution in [1.29, 1.82) is 0 Å². The number of hydrogen-bond donors (Lipinski definition) is 0. The molecule has 0 unspecified atom stereocenters. The van der Waals surface area contributed by atoms with Gasteiger partial charge in [0.15, 0.2) is 0 Å². The number of rotatable bonds is 7. The monoisotopic (exact) mass is 512 g/mol. The van der Waals surface area contributed by atoms with E-state index >= 15 is 0 Å². The summed E-state index contributed by atoms with van der Waals surface area (Å²) in [5.41, 5.74) is -3.65. The molecule has 2 aromatic carbocycles. The molecule has 0 radical (unpaired) electrons. The third kappa shape index (κ3) is 5.92. The molecule has 1 aliphatic carbocycles. The second-order valence-corrected chi connectivity index (χ2v) is 8.57.